The molecule has 2 rings (SSSR count). The van der Waals surface area contributed by atoms with Crippen LogP contribution in [0.2, 0.25) is 0 Å². The first-order valence-corrected chi connectivity index (χ1v) is 8.05. The zero-order valence-corrected chi connectivity index (χ0v) is 14.0. The number of piperidine rings is 1. The Labute approximate surface area is 137 Å². The average molecular weight is 319 g/mol. The third-order valence-electron chi connectivity index (χ3n) is 3.99. The Morgan fingerprint density at radius 3 is 2.22 bits per heavy atom. The molecular formula is C18H25NO4. The van der Waals surface area contributed by atoms with E-state index in [2.05, 4.69) is 0 Å². The number of rotatable bonds is 3. The molecule has 0 atom stereocenters. The molecule has 1 aliphatic heterocycles. The average Bonchev–Trinajstić information content (AvgIpc) is 2.46. The molecule has 23 heavy (non-hydrogen) atoms. The quantitative estimate of drug-likeness (QED) is 0.925. The number of nitrogens with zero attached hydrogens (tertiary/aromatic N) is 1. The summed E-state index contributed by atoms with van der Waals surface area (Å²) in [5.41, 5.74) is 0.999. The molecule has 0 aromatic heterocycles. The van der Waals surface area contributed by atoms with E-state index in [-0.39, 0.29) is 6.09 Å². The highest BCUT2D eigenvalue weighted by Crippen LogP contribution is 2.23. The Morgan fingerprint density at radius 1 is 1.17 bits per heavy atom. The molecule has 1 aromatic carbocycles. The van der Waals surface area contributed by atoms with Crippen LogP contribution < -0.4 is 0 Å². The molecular weight excluding hydrogens is 294 g/mol. The lowest BCUT2D eigenvalue weighted by molar-refractivity contribution is 0.0184. The molecule has 1 fully saturated rings. The second kappa shape index (κ2) is 7.02. The predicted molar refractivity (Wildman–Crippen MR) is 87.6 cm³/mol. The number of ether oxygens (including phenoxy) is 1. The fraction of sp³-hybridized carbons (Fsp3) is 0.556. The van der Waals surface area contributed by atoms with Gasteiger partial charge in [0.05, 0.1) is 5.56 Å². The minimum atomic E-state index is -0.901. The van der Waals surface area contributed by atoms with Crippen molar-refractivity contribution in [1.82, 2.24) is 4.90 Å². The summed E-state index contributed by atoms with van der Waals surface area (Å²) in [6, 6.07) is 7.05. The fourth-order valence-corrected chi connectivity index (χ4v) is 2.76. The Hall–Kier alpha value is -2.04. The van der Waals surface area contributed by atoms with Gasteiger partial charge < -0.3 is 14.7 Å². The number of carboxylic acid groups (broad SMARTS) is 1. The zero-order chi connectivity index (χ0) is 17.0. The summed E-state index contributed by atoms with van der Waals surface area (Å²) in [5, 5.41) is 8.91. The minimum absolute atomic E-state index is 0.234. The summed E-state index contributed by atoms with van der Waals surface area (Å²) in [6.07, 6.45) is 2.57. The molecule has 1 N–H and O–H groups in total. The van der Waals surface area contributed by atoms with E-state index in [9.17, 15) is 9.59 Å². The summed E-state index contributed by atoms with van der Waals surface area (Å²) < 4.78 is 5.40. The van der Waals surface area contributed by atoms with Crippen molar-refractivity contribution in [2.24, 2.45) is 5.92 Å². The topological polar surface area (TPSA) is 66.8 Å². The van der Waals surface area contributed by atoms with Crippen LogP contribution in [0.25, 0.3) is 0 Å². The van der Waals surface area contributed by atoms with E-state index >= 15 is 0 Å². The van der Waals surface area contributed by atoms with Crippen molar-refractivity contribution in [3.63, 3.8) is 0 Å². The van der Waals surface area contributed by atoms with Gasteiger partial charge in [-0.05, 0) is 63.6 Å². The van der Waals surface area contributed by atoms with E-state index in [1.807, 2.05) is 32.9 Å². The molecule has 1 heterocycles. The number of carbonyl (C=O) groups is 2. The number of hydrogen-bond donors (Lipinski definition) is 1. The molecule has 1 aliphatic rings. The summed E-state index contributed by atoms with van der Waals surface area (Å²) in [7, 11) is 0. The van der Waals surface area contributed by atoms with Gasteiger partial charge in [-0.3, -0.25) is 0 Å². The molecule has 1 amide bonds. The summed E-state index contributed by atoms with van der Waals surface area (Å²) in [6.45, 7) is 7.05. The molecule has 0 aliphatic carbocycles. The van der Waals surface area contributed by atoms with Crippen LogP contribution in [0.4, 0.5) is 4.79 Å². The zero-order valence-electron chi connectivity index (χ0n) is 14.0. The van der Waals surface area contributed by atoms with Crippen molar-refractivity contribution in [1.29, 1.82) is 0 Å². The molecule has 126 valence electrons. The molecule has 1 aromatic rings. The number of aromatic carboxylic acids is 1. The first-order valence-electron chi connectivity index (χ1n) is 8.05. The number of carboxylic acids is 1. The summed E-state index contributed by atoms with van der Waals surface area (Å²) in [5.74, 6) is -0.383. The smallest absolute Gasteiger partial charge is 0.410 e. The third kappa shape index (κ3) is 5.27. The lowest BCUT2D eigenvalue weighted by Crippen LogP contribution is -2.42. The van der Waals surface area contributed by atoms with Crippen molar-refractivity contribution in [2.75, 3.05) is 13.1 Å². The van der Waals surface area contributed by atoms with Crippen molar-refractivity contribution in [3.05, 3.63) is 35.4 Å². The molecule has 5 heteroatoms. The van der Waals surface area contributed by atoms with Gasteiger partial charge in [0.25, 0.3) is 0 Å². The van der Waals surface area contributed by atoms with Crippen LogP contribution in [0.1, 0.15) is 49.5 Å². The highest BCUT2D eigenvalue weighted by molar-refractivity contribution is 5.87. The SMILES string of the molecule is CC(C)(C)OC(=O)N1CCC(Cc2ccc(C(=O)O)cc2)CC1. The van der Waals surface area contributed by atoms with Crippen LogP contribution in [0, 0.1) is 5.92 Å². The predicted octanol–water partition coefficient (Wildman–Crippen LogP) is 3.57. The van der Waals surface area contributed by atoms with Gasteiger partial charge in [-0.25, -0.2) is 9.59 Å². The van der Waals surface area contributed by atoms with E-state index in [0.29, 0.717) is 24.6 Å². The van der Waals surface area contributed by atoms with Crippen LogP contribution in [-0.4, -0.2) is 40.8 Å². The van der Waals surface area contributed by atoms with Crippen LogP contribution in [0.3, 0.4) is 0 Å². The second-order valence-corrected chi connectivity index (χ2v) is 7.12. The number of likely N-dealkylation sites (tertiary alicyclic amines) is 1. The van der Waals surface area contributed by atoms with Crippen LogP contribution in [0.15, 0.2) is 24.3 Å². The van der Waals surface area contributed by atoms with Gasteiger partial charge in [-0.15, -0.1) is 0 Å². The maximum Gasteiger partial charge on any atom is 0.410 e. The number of carbonyl (C=O) groups excluding carboxylic acids is 1. The van der Waals surface area contributed by atoms with Gasteiger partial charge in [-0.1, -0.05) is 12.1 Å². The monoisotopic (exact) mass is 319 g/mol. The molecule has 0 unspecified atom stereocenters. The van der Waals surface area contributed by atoms with Crippen molar-refractivity contribution < 1.29 is 19.4 Å². The third-order valence-corrected chi connectivity index (χ3v) is 3.99. The Bertz CT molecular complexity index is 551. The standard InChI is InChI=1S/C18H25NO4/c1-18(2,3)23-17(22)19-10-8-14(9-11-19)12-13-4-6-15(7-5-13)16(20)21/h4-7,14H,8-12H2,1-3H3,(H,20,21). The maximum atomic E-state index is 12.0. The highest BCUT2D eigenvalue weighted by Gasteiger charge is 2.26. The maximum absolute atomic E-state index is 12.0. The molecule has 0 saturated carbocycles. The van der Waals surface area contributed by atoms with E-state index in [4.69, 9.17) is 9.84 Å². The Balaban J connectivity index is 1.82. The molecule has 0 radical (unpaired) electrons. The van der Waals surface area contributed by atoms with E-state index in [1.165, 1.54) is 0 Å². The number of hydrogen-bond acceptors (Lipinski definition) is 3. The lowest BCUT2D eigenvalue weighted by Gasteiger charge is -2.33. The normalized spacial score (nSPS) is 16.2. The van der Waals surface area contributed by atoms with Crippen LogP contribution >= 0.6 is 0 Å². The molecule has 5 nitrogen and oxygen atoms in total. The number of amides is 1. The van der Waals surface area contributed by atoms with Gasteiger partial charge in [0.2, 0.25) is 0 Å². The van der Waals surface area contributed by atoms with E-state index in [1.54, 1.807) is 17.0 Å². The van der Waals surface area contributed by atoms with Gasteiger partial charge >= 0.3 is 12.1 Å². The van der Waals surface area contributed by atoms with Gasteiger partial charge in [-0.2, -0.15) is 0 Å². The van der Waals surface area contributed by atoms with Crippen molar-refractivity contribution >= 4 is 12.1 Å². The highest BCUT2D eigenvalue weighted by atomic mass is 16.6. The second-order valence-electron chi connectivity index (χ2n) is 7.12. The first-order chi connectivity index (χ1) is 10.7. The van der Waals surface area contributed by atoms with Gasteiger partial charge in [0.1, 0.15) is 5.60 Å². The molecule has 0 bridgehead atoms. The minimum Gasteiger partial charge on any atom is -0.478 e. The van der Waals surface area contributed by atoms with E-state index in [0.717, 1.165) is 24.8 Å². The van der Waals surface area contributed by atoms with Crippen LogP contribution in [0.5, 0.6) is 0 Å². The van der Waals surface area contributed by atoms with Gasteiger partial charge in [0, 0.05) is 13.1 Å². The van der Waals surface area contributed by atoms with Crippen molar-refractivity contribution in [2.45, 2.75) is 45.6 Å². The van der Waals surface area contributed by atoms with Crippen molar-refractivity contribution in [3.8, 4) is 0 Å². The largest absolute Gasteiger partial charge is 0.478 e. The van der Waals surface area contributed by atoms with Crippen LogP contribution in [-0.2, 0) is 11.2 Å². The molecule has 0 spiro atoms. The lowest BCUT2D eigenvalue weighted by atomic mass is 9.90. The Morgan fingerprint density at radius 2 is 1.74 bits per heavy atom. The van der Waals surface area contributed by atoms with Gasteiger partial charge in [0.15, 0.2) is 0 Å². The number of benzene rings is 1. The first kappa shape index (κ1) is 17.3. The fourth-order valence-electron chi connectivity index (χ4n) is 2.76. The molecule has 1 saturated heterocycles. The van der Waals surface area contributed by atoms with E-state index < -0.39 is 11.6 Å². The Kier molecular flexibility index (Phi) is 5.29. The summed E-state index contributed by atoms with van der Waals surface area (Å²) in [4.78, 5) is 24.7. The summed E-state index contributed by atoms with van der Waals surface area (Å²) >= 11 is 0.